The lowest BCUT2D eigenvalue weighted by atomic mass is 9.84. The molecule has 114 valence electrons. The minimum atomic E-state index is 0.330. The van der Waals surface area contributed by atoms with Gasteiger partial charge >= 0.3 is 0 Å². The van der Waals surface area contributed by atoms with Gasteiger partial charge in [0.05, 0.1) is 0 Å². The van der Waals surface area contributed by atoms with Crippen molar-refractivity contribution < 1.29 is 0 Å². The van der Waals surface area contributed by atoms with Gasteiger partial charge in [-0.15, -0.1) is 0 Å². The maximum absolute atomic E-state index is 3.63. The van der Waals surface area contributed by atoms with Gasteiger partial charge in [-0.2, -0.15) is 0 Å². The van der Waals surface area contributed by atoms with Crippen LogP contribution in [0.15, 0.2) is 30.3 Å². The maximum atomic E-state index is 3.63. The molecule has 1 aromatic carbocycles. The lowest BCUT2D eigenvalue weighted by molar-refractivity contribution is 0.224. The highest BCUT2D eigenvalue weighted by Crippen LogP contribution is 2.21. The molecule has 2 nitrogen and oxygen atoms in total. The molecule has 0 fully saturated rings. The summed E-state index contributed by atoms with van der Waals surface area (Å²) in [5.41, 5.74) is 1.76. The number of nitrogens with one attached hydrogen (secondary N) is 1. The van der Waals surface area contributed by atoms with Gasteiger partial charge < -0.3 is 10.2 Å². The van der Waals surface area contributed by atoms with Crippen LogP contribution in [0.3, 0.4) is 0 Å². The maximum Gasteiger partial charge on any atom is 0.0128 e. The first-order chi connectivity index (χ1) is 9.43. The SMILES string of the molecule is CCNC(CCN(C)CCc1ccccc1)C(C)(C)C. The molecule has 0 bridgehead atoms. The van der Waals surface area contributed by atoms with Gasteiger partial charge in [0, 0.05) is 12.6 Å². The summed E-state index contributed by atoms with van der Waals surface area (Å²) in [6.07, 6.45) is 2.35. The first kappa shape index (κ1) is 17.2. The number of rotatable bonds is 8. The first-order valence-corrected chi connectivity index (χ1v) is 7.89. The molecule has 2 heteroatoms. The van der Waals surface area contributed by atoms with Crippen molar-refractivity contribution in [1.29, 1.82) is 0 Å². The van der Waals surface area contributed by atoms with E-state index in [0.29, 0.717) is 11.5 Å². The van der Waals surface area contributed by atoms with Gasteiger partial charge in [-0.05, 0) is 44.0 Å². The second kappa shape index (κ2) is 8.43. The van der Waals surface area contributed by atoms with Crippen LogP contribution in [-0.4, -0.2) is 37.6 Å². The second-order valence-electron chi connectivity index (χ2n) is 6.80. The zero-order valence-electron chi connectivity index (χ0n) is 13.9. The summed E-state index contributed by atoms with van der Waals surface area (Å²) in [6.45, 7) is 12.5. The van der Waals surface area contributed by atoms with Gasteiger partial charge in [-0.3, -0.25) is 0 Å². The quantitative estimate of drug-likeness (QED) is 0.781. The summed E-state index contributed by atoms with van der Waals surface area (Å²) in [5.74, 6) is 0. The average molecular weight is 276 g/mol. The third kappa shape index (κ3) is 6.53. The fourth-order valence-electron chi connectivity index (χ4n) is 2.51. The largest absolute Gasteiger partial charge is 0.314 e. The highest BCUT2D eigenvalue weighted by molar-refractivity contribution is 5.14. The molecule has 1 rings (SSSR count). The van der Waals surface area contributed by atoms with E-state index in [4.69, 9.17) is 0 Å². The molecule has 20 heavy (non-hydrogen) atoms. The normalized spacial score (nSPS) is 13.7. The minimum Gasteiger partial charge on any atom is -0.314 e. The van der Waals surface area contributed by atoms with Crippen LogP contribution in [0.25, 0.3) is 0 Å². The average Bonchev–Trinajstić information content (AvgIpc) is 2.41. The van der Waals surface area contributed by atoms with E-state index in [9.17, 15) is 0 Å². The highest BCUT2D eigenvalue weighted by Gasteiger charge is 2.23. The Bertz CT molecular complexity index is 353. The molecule has 0 aliphatic rings. The van der Waals surface area contributed by atoms with Crippen LogP contribution in [-0.2, 0) is 6.42 Å². The Labute approximate surface area is 125 Å². The molecule has 0 amide bonds. The van der Waals surface area contributed by atoms with Crippen LogP contribution < -0.4 is 5.32 Å². The third-order valence-electron chi connectivity index (χ3n) is 3.92. The van der Waals surface area contributed by atoms with E-state index in [1.165, 1.54) is 12.0 Å². The summed E-state index contributed by atoms with van der Waals surface area (Å²) in [6, 6.07) is 11.3. The van der Waals surface area contributed by atoms with Crippen LogP contribution in [0, 0.1) is 5.41 Å². The predicted molar refractivity (Wildman–Crippen MR) is 89.2 cm³/mol. The van der Waals surface area contributed by atoms with Crippen LogP contribution in [0.5, 0.6) is 0 Å². The van der Waals surface area contributed by atoms with E-state index in [-0.39, 0.29) is 0 Å². The van der Waals surface area contributed by atoms with Gasteiger partial charge in [0.2, 0.25) is 0 Å². The summed E-state index contributed by atoms with van der Waals surface area (Å²) < 4.78 is 0. The molecule has 0 aliphatic carbocycles. The monoisotopic (exact) mass is 276 g/mol. The third-order valence-corrected chi connectivity index (χ3v) is 3.92. The molecular formula is C18H32N2. The Morgan fingerprint density at radius 2 is 1.75 bits per heavy atom. The number of nitrogens with zero attached hydrogens (tertiary/aromatic N) is 1. The molecule has 1 N–H and O–H groups in total. The van der Waals surface area contributed by atoms with Gasteiger partial charge in [0.25, 0.3) is 0 Å². The summed E-state index contributed by atoms with van der Waals surface area (Å²) in [5, 5.41) is 3.63. The molecule has 0 saturated heterocycles. The van der Waals surface area contributed by atoms with Crippen molar-refractivity contribution in [2.24, 2.45) is 5.41 Å². The van der Waals surface area contributed by atoms with Crippen molar-refractivity contribution >= 4 is 0 Å². The summed E-state index contributed by atoms with van der Waals surface area (Å²) in [4.78, 5) is 2.45. The van der Waals surface area contributed by atoms with Crippen LogP contribution >= 0.6 is 0 Å². The van der Waals surface area contributed by atoms with E-state index in [2.05, 4.69) is 75.3 Å². The van der Waals surface area contributed by atoms with Crippen molar-refractivity contribution in [3.63, 3.8) is 0 Å². The molecule has 1 aromatic rings. The van der Waals surface area contributed by atoms with Crippen LogP contribution in [0.4, 0.5) is 0 Å². The molecule has 0 heterocycles. The van der Waals surface area contributed by atoms with Gasteiger partial charge in [-0.1, -0.05) is 58.0 Å². The second-order valence-corrected chi connectivity index (χ2v) is 6.80. The highest BCUT2D eigenvalue weighted by atomic mass is 15.1. The topological polar surface area (TPSA) is 15.3 Å². The first-order valence-electron chi connectivity index (χ1n) is 7.89. The lowest BCUT2D eigenvalue weighted by Gasteiger charge is -2.32. The van der Waals surface area contributed by atoms with E-state index < -0.39 is 0 Å². The van der Waals surface area contributed by atoms with E-state index in [0.717, 1.165) is 26.1 Å². The zero-order valence-corrected chi connectivity index (χ0v) is 13.9. The molecule has 0 aromatic heterocycles. The Morgan fingerprint density at radius 3 is 2.30 bits per heavy atom. The molecular weight excluding hydrogens is 244 g/mol. The van der Waals surface area contributed by atoms with Crippen LogP contribution in [0.2, 0.25) is 0 Å². The molecule has 1 atom stereocenters. The molecule has 0 aliphatic heterocycles. The van der Waals surface area contributed by atoms with Crippen molar-refractivity contribution in [3.05, 3.63) is 35.9 Å². The zero-order chi connectivity index (χ0) is 15.0. The molecule has 1 unspecified atom stereocenters. The van der Waals surface area contributed by atoms with Gasteiger partial charge in [0.1, 0.15) is 0 Å². The van der Waals surface area contributed by atoms with Crippen molar-refractivity contribution in [3.8, 4) is 0 Å². The smallest absolute Gasteiger partial charge is 0.0128 e. The fraction of sp³-hybridized carbons (Fsp3) is 0.667. The molecule has 0 radical (unpaired) electrons. The van der Waals surface area contributed by atoms with Gasteiger partial charge in [-0.25, -0.2) is 0 Å². The van der Waals surface area contributed by atoms with Crippen molar-refractivity contribution in [2.75, 3.05) is 26.7 Å². The van der Waals surface area contributed by atoms with Gasteiger partial charge in [0.15, 0.2) is 0 Å². The minimum absolute atomic E-state index is 0.330. The summed E-state index contributed by atoms with van der Waals surface area (Å²) in [7, 11) is 2.23. The Balaban J connectivity index is 2.32. The Hall–Kier alpha value is -0.860. The van der Waals surface area contributed by atoms with E-state index in [1.54, 1.807) is 0 Å². The van der Waals surface area contributed by atoms with E-state index in [1.807, 2.05) is 0 Å². The van der Waals surface area contributed by atoms with Crippen molar-refractivity contribution in [2.45, 2.75) is 46.6 Å². The predicted octanol–water partition coefficient (Wildman–Crippen LogP) is 3.58. The standard InChI is InChI=1S/C18H32N2/c1-6-19-17(18(2,3)4)13-15-20(5)14-12-16-10-8-7-9-11-16/h7-11,17,19H,6,12-15H2,1-5H3. The van der Waals surface area contributed by atoms with E-state index >= 15 is 0 Å². The summed E-state index contributed by atoms with van der Waals surface area (Å²) >= 11 is 0. The Morgan fingerprint density at radius 1 is 1.10 bits per heavy atom. The molecule has 0 saturated carbocycles. The number of benzene rings is 1. The fourth-order valence-corrected chi connectivity index (χ4v) is 2.51. The number of likely N-dealkylation sites (N-methyl/N-ethyl adjacent to an activating group) is 1. The number of hydrogen-bond acceptors (Lipinski definition) is 2. The lowest BCUT2D eigenvalue weighted by Crippen LogP contribution is -2.42. The van der Waals surface area contributed by atoms with Crippen molar-refractivity contribution in [1.82, 2.24) is 10.2 Å². The van der Waals surface area contributed by atoms with Crippen LogP contribution in [0.1, 0.15) is 39.7 Å². The number of hydrogen-bond donors (Lipinski definition) is 1. The molecule has 0 spiro atoms. The Kier molecular flexibility index (Phi) is 7.25.